The number of hydrogen-bond donors (Lipinski definition) is 0. The topological polar surface area (TPSA) is 29.5 Å². The number of anilines is 1. The summed E-state index contributed by atoms with van der Waals surface area (Å²) in [5.74, 6) is -0.233. The maximum atomic E-state index is 12.0. The number of nitrogens with zero attached hydrogens (tertiary/aromatic N) is 1. The van der Waals surface area contributed by atoms with E-state index in [1.54, 1.807) is 0 Å². The van der Waals surface area contributed by atoms with Crippen LogP contribution in [0.5, 0.6) is 0 Å². The second-order valence-corrected chi connectivity index (χ2v) is 5.12. The molecule has 0 saturated carbocycles. The molecular weight excluding hydrogens is 238 g/mol. The predicted octanol–water partition coefficient (Wildman–Crippen LogP) is 2.94. The summed E-state index contributed by atoms with van der Waals surface area (Å²) in [4.78, 5) is 14.0. The van der Waals surface area contributed by atoms with E-state index < -0.39 is 0 Å². The summed E-state index contributed by atoms with van der Waals surface area (Å²) in [6.07, 6.45) is 0.772. The van der Waals surface area contributed by atoms with Crippen LogP contribution < -0.4 is 4.90 Å². The monoisotopic (exact) mass is 255 g/mol. The van der Waals surface area contributed by atoms with Gasteiger partial charge in [-0.2, -0.15) is 0 Å². The fourth-order valence-electron chi connectivity index (χ4n) is 2.80. The standard InChI is InChI=1S/C16H17NO2/c1-17(2)14-8-7-11-5-3-4-6-12(11)15(14)13-9-10-19-16(13)18/h3-8,13H,9-10H2,1-2H3. The van der Waals surface area contributed by atoms with Crippen LogP contribution in [-0.2, 0) is 9.53 Å². The van der Waals surface area contributed by atoms with Gasteiger partial charge in [0.05, 0.1) is 12.5 Å². The van der Waals surface area contributed by atoms with E-state index in [9.17, 15) is 4.79 Å². The van der Waals surface area contributed by atoms with Crippen molar-refractivity contribution in [3.8, 4) is 0 Å². The van der Waals surface area contributed by atoms with E-state index in [0.29, 0.717) is 6.61 Å². The summed E-state index contributed by atoms with van der Waals surface area (Å²) in [5.41, 5.74) is 2.20. The van der Waals surface area contributed by atoms with Crippen molar-refractivity contribution in [2.24, 2.45) is 0 Å². The van der Waals surface area contributed by atoms with Gasteiger partial charge in [0, 0.05) is 19.8 Å². The first-order valence-corrected chi connectivity index (χ1v) is 6.54. The minimum atomic E-state index is -0.136. The third-order valence-electron chi connectivity index (χ3n) is 3.71. The van der Waals surface area contributed by atoms with Crippen molar-refractivity contribution < 1.29 is 9.53 Å². The van der Waals surface area contributed by atoms with E-state index in [1.165, 1.54) is 5.39 Å². The van der Waals surface area contributed by atoms with Gasteiger partial charge in [0.25, 0.3) is 0 Å². The van der Waals surface area contributed by atoms with Crippen molar-refractivity contribution in [1.29, 1.82) is 0 Å². The molecule has 1 unspecified atom stereocenters. The minimum Gasteiger partial charge on any atom is -0.465 e. The zero-order chi connectivity index (χ0) is 13.4. The van der Waals surface area contributed by atoms with Gasteiger partial charge in [-0.3, -0.25) is 4.79 Å². The Kier molecular flexibility index (Phi) is 2.90. The second-order valence-electron chi connectivity index (χ2n) is 5.12. The Morgan fingerprint density at radius 2 is 1.95 bits per heavy atom. The van der Waals surface area contributed by atoms with Crippen LogP contribution in [0, 0.1) is 0 Å². The van der Waals surface area contributed by atoms with Crippen LogP contribution in [-0.4, -0.2) is 26.7 Å². The molecule has 0 radical (unpaired) electrons. The fraction of sp³-hybridized carbons (Fsp3) is 0.312. The predicted molar refractivity (Wildman–Crippen MR) is 76.6 cm³/mol. The molecule has 3 heteroatoms. The highest BCUT2D eigenvalue weighted by Crippen LogP contribution is 2.38. The van der Waals surface area contributed by atoms with Crippen molar-refractivity contribution in [2.45, 2.75) is 12.3 Å². The van der Waals surface area contributed by atoms with Crippen molar-refractivity contribution in [3.05, 3.63) is 42.0 Å². The molecule has 1 aliphatic rings. The lowest BCUT2D eigenvalue weighted by Crippen LogP contribution is -2.15. The zero-order valence-corrected chi connectivity index (χ0v) is 11.2. The normalized spacial score (nSPS) is 18.6. The van der Waals surface area contributed by atoms with Gasteiger partial charge in [0.1, 0.15) is 0 Å². The minimum absolute atomic E-state index is 0.0977. The molecule has 3 nitrogen and oxygen atoms in total. The van der Waals surface area contributed by atoms with E-state index in [-0.39, 0.29) is 11.9 Å². The summed E-state index contributed by atoms with van der Waals surface area (Å²) in [5, 5.41) is 2.32. The number of cyclic esters (lactones) is 1. The molecule has 1 heterocycles. The number of ether oxygens (including phenoxy) is 1. The van der Waals surface area contributed by atoms with Gasteiger partial charge in [-0.15, -0.1) is 0 Å². The quantitative estimate of drug-likeness (QED) is 0.773. The third kappa shape index (κ3) is 1.95. The molecule has 2 aromatic carbocycles. The zero-order valence-electron chi connectivity index (χ0n) is 11.2. The van der Waals surface area contributed by atoms with E-state index in [0.717, 1.165) is 23.1 Å². The van der Waals surface area contributed by atoms with Crippen LogP contribution in [0.25, 0.3) is 10.8 Å². The number of rotatable bonds is 2. The summed E-state index contributed by atoms with van der Waals surface area (Å²) in [6.45, 7) is 0.527. The van der Waals surface area contributed by atoms with Crippen LogP contribution in [0.2, 0.25) is 0 Å². The van der Waals surface area contributed by atoms with Crippen molar-refractivity contribution in [3.63, 3.8) is 0 Å². The van der Waals surface area contributed by atoms with E-state index in [4.69, 9.17) is 4.74 Å². The van der Waals surface area contributed by atoms with Gasteiger partial charge >= 0.3 is 5.97 Å². The van der Waals surface area contributed by atoms with E-state index in [2.05, 4.69) is 29.2 Å². The first-order valence-electron chi connectivity index (χ1n) is 6.54. The van der Waals surface area contributed by atoms with Crippen LogP contribution in [0.15, 0.2) is 36.4 Å². The highest BCUT2D eigenvalue weighted by atomic mass is 16.5. The Morgan fingerprint density at radius 1 is 1.16 bits per heavy atom. The molecule has 0 aliphatic carbocycles. The number of carbonyl (C=O) groups is 1. The summed E-state index contributed by atoms with van der Waals surface area (Å²) in [7, 11) is 4.02. The second kappa shape index (κ2) is 4.57. The number of esters is 1. The van der Waals surface area contributed by atoms with Crippen LogP contribution in [0.3, 0.4) is 0 Å². The molecule has 0 N–H and O–H groups in total. The van der Waals surface area contributed by atoms with Gasteiger partial charge < -0.3 is 9.64 Å². The molecule has 2 aromatic rings. The lowest BCUT2D eigenvalue weighted by atomic mass is 9.90. The van der Waals surface area contributed by atoms with Gasteiger partial charge in [0.2, 0.25) is 0 Å². The Hall–Kier alpha value is -2.03. The third-order valence-corrected chi connectivity index (χ3v) is 3.71. The maximum absolute atomic E-state index is 12.0. The van der Waals surface area contributed by atoms with E-state index >= 15 is 0 Å². The Balaban J connectivity index is 2.28. The molecule has 19 heavy (non-hydrogen) atoms. The number of benzene rings is 2. The Bertz CT molecular complexity index is 634. The first-order chi connectivity index (χ1) is 9.18. The number of carbonyl (C=O) groups excluding carboxylic acids is 1. The average Bonchev–Trinajstić information content (AvgIpc) is 2.83. The maximum Gasteiger partial charge on any atom is 0.313 e. The van der Waals surface area contributed by atoms with Crippen molar-refractivity contribution in [2.75, 3.05) is 25.6 Å². The van der Waals surface area contributed by atoms with Gasteiger partial charge in [-0.1, -0.05) is 30.3 Å². The van der Waals surface area contributed by atoms with Gasteiger partial charge in [0.15, 0.2) is 0 Å². The largest absolute Gasteiger partial charge is 0.465 e. The summed E-state index contributed by atoms with van der Waals surface area (Å²) >= 11 is 0. The number of hydrogen-bond acceptors (Lipinski definition) is 3. The van der Waals surface area contributed by atoms with Crippen LogP contribution >= 0.6 is 0 Å². The smallest absolute Gasteiger partial charge is 0.313 e. The highest BCUT2D eigenvalue weighted by molar-refractivity contribution is 5.96. The molecule has 1 fully saturated rings. The number of fused-ring (bicyclic) bond motifs is 1. The lowest BCUT2D eigenvalue weighted by Gasteiger charge is -2.21. The molecule has 1 aliphatic heterocycles. The van der Waals surface area contributed by atoms with E-state index in [1.807, 2.05) is 26.2 Å². The molecule has 0 aromatic heterocycles. The average molecular weight is 255 g/mol. The molecule has 0 amide bonds. The molecular formula is C16H17NO2. The molecule has 3 rings (SSSR count). The molecule has 0 bridgehead atoms. The van der Waals surface area contributed by atoms with Gasteiger partial charge in [-0.25, -0.2) is 0 Å². The lowest BCUT2D eigenvalue weighted by molar-refractivity contribution is -0.139. The van der Waals surface area contributed by atoms with Gasteiger partial charge in [-0.05, 0) is 28.8 Å². The van der Waals surface area contributed by atoms with Crippen molar-refractivity contribution >= 4 is 22.4 Å². The molecule has 98 valence electrons. The SMILES string of the molecule is CN(C)c1ccc2ccccc2c1C1CCOC1=O. The highest BCUT2D eigenvalue weighted by Gasteiger charge is 2.31. The van der Waals surface area contributed by atoms with Crippen LogP contribution in [0.4, 0.5) is 5.69 Å². The summed E-state index contributed by atoms with van der Waals surface area (Å²) in [6, 6.07) is 12.4. The first kappa shape index (κ1) is 12.0. The van der Waals surface area contributed by atoms with Crippen molar-refractivity contribution in [1.82, 2.24) is 0 Å². The molecule has 1 atom stereocenters. The Morgan fingerprint density at radius 3 is 2.63 bits per heavy atom. The van der Waals surface area contributed by atoms with Crippen LogP contribution in [0.1, 0.15) is 17.9 Å². The summed E-state index contributed by atoms with van der Waals surface area (Å²) < 4.78 is 5.15. The Labute approximate surface area is 112 Å². The molecule has 0 spiro atoms. The fourth-order valence-corrected chi connectivity index (χ4v) is 2.80. The molecule has 1 saturated heterocycles.